The van der Waals surface area contributed by atoms with Crippen LogP contribution in [0.3, 0.4) is 0 Å². The number of benzene rings is 2. The quantitative estimate of drug-likeness (QED) is 0.759. The van der Waals surface area contributed by atoms with Gasteiger partial charge in [0.05, 0.1) is 0 Å². The van der Waals surface area contributed by atoms with Gasteiger partial charge >= 0.3 is 0 Å². The number of nitrogens with one attached hydrogen (secondary N) is 1. The smallest absolute Gasteiger partial charge is 0.123 e. The Balaban J connectivity index is 2.01. The summed E-state index contributed by atoms with van der Waals surface area (Å²) in [4.78, 5) is 0. The summed E-state index contributed by atoms with van der Waals surface area (Å²) in [5.41, 5.74) is 4.75. The van der Waals surface area contributed by atoms with Crippen LogP contribution in [0.5, 0.6) is 0 Å². The second kappa shape index (κ2) is 4.41. The molecule has 0 aliphatic carbocycles. The summed E-state index contributed by atoms with van der Waals surface area (Å²) in [6, 6.07) is 13.0. The fraction of sp³-hybridized carbons (Fsp3) is 0.143. The van der Waals surface area contributed by atoms with Crippen LogP contribution in [0, 0.1) is 5.82 Å². The summed E-state index contributed by atoms with van der Waals surface area (Å²) in [5, 5.41) is 0. The molecule has 1 nitrogen and oxygen atoms in total. The van der Waals surface area contributed by atoms with E-state index in [0.717, 1.165) is 23.3 Å². The predicted octanol–water partition coefficient (Wildman–Crippen LogP) is 4.11. The van der Waals surface area contributed by atoms with Crippen molar-refractivity contribution in [2.24, 2.45) is 0 Å². The van der Waals surface area contributed by atoms with Crippen molar-refractivity contribution < 1.29 is 4.39 Å². The minimum Gasteiger partial charge on any atom is -0.329 e. The third-order valence-electron chi connectivity index (χ3n) is 2.94. The van der Waals surface area contributed by atoms with E-state index in [1.165, 1.54) is 23.4 Å². The van der Waals surface area contributed by atoms with E-state index in [2.05, 4.69) is 22.9 Å². The van der Waals surface area contributed by atoms with Gasteiger partial charge in [-0.2, -0.15) is 0 Å². The maximum atomic E-state index is 12.9. The number of fused-ring (bicyclic) bond motifs is 1. The fourth-order valence-corrected chi connectivity index (χ4v) is 2.79. The highest BCUT2D eigenvalue weighted by atomic mass is 32.2. The molecule has 1 aliphatic rings. The summed E-state index contributed by atoms with van der Waals surface area (Å²) < 4.78 is 16.2. The van der Waals surface area contributed by atoms with Crippen LogP contribution in [0.1, 0.15) is 5.56 Å². The molecule has 1 aliphatic heterocycles. The van der Waals surface area contributed by atoms with E-state index >= 15 is 0 Å². The van der Waals surface area contributed by atoms with Gasteiger partial charge in [-0.3, -0.25) is 0 Å². The van der Waals surface area contributed by atoms with Crippen molar-refractivity contribution >= 4 is 17.6 Å². The molecular formula is C14H12FNS. The third kappa shape index (κ3) is 2.15. The molecule has 0 unspecified atom stereocenters. The molecule has 0 saturated heterocycles. The van der Waals surface area contributed by atoms with Gasteiger partial charge in [-0.05, 0) is 47.4 Å². The maximum Gasteiger partial charge on any atom is 0.123 e. The molecular weight excluding hydrogens is 233 g/mol. The lowest BCUT2D eigenvalue weighted by molar-refractivity contribution is 0.628. The third-order valence-corrected chi connectivity index (χ3v) is 3.71. The highest BCUT2D eigenvalue weighted by molar-refractivity contribution is 8.00. The van der Waals surface area contributed by atoms with Crippen molar-refractivity contribution in [1.82, 2.24) is 0 Å². The van der Waals surface area contributed by atoms with Crippen LogP contribution >= 0.6 is 11.9 Å². The average molecular weight is 245 g/mol. The fourth-order valence-electron chi connectivity index (χ4n) is 2.01. The van der Waals surface area contributed by atoms with Crippen molar-refractivity contribution in [2.45, 2.75) is 6.42 Å². The zero-order valence-corrected chi connectivity index (χ0v) is 10.1. The largest absolute Gasteiger partial charge is 0.329 e. The zero-order valence-electron chi connectivity index (χ0n) is 9.24. The van der Waals surface area contributed by atoms with Crippen LogP contribution in [-0.4, -0.2) is 5.75 Å². The van der Waals surface area contributed by atoms with Crippen molar-refractivity contribution in [2.75, 3.05) is 10.5 Å². The van der Waals surface area contributed by atoms with E-state index in [1.54, 1.807) is 11.9 Å². The van der Waals surface area contributed by atoms with Gasteiger partial charge < -0.3 is 4.72 Å². The number of anilines is 1. The van der Waals surface area contributed by atoms with Crippen LogP contribution in [0.15, 0.2) is 42.5 Å². The molecule has 0 bridgehead atoms. The minimum atomic E-state index is -0.190. The molecule has 0 radical (unpaired) electrons. The first-order chi connectivity index (χ1) is 8.33. The molecule has 86 valence electrons. The Morgan fingerprint density at radius 3 is 2.59 bits per heavy atom. The number of rotatable bonds is 1. The molecule has 2 aromatic carbocycles. The monoisotopic (exact) mass is 245 g/mol. The van der Waals surface area contributed by atoms with E-state index in [9.17, 15) is 4.39 Å². The van der Waals surface area contributed by atoms with Gasteiger partial charge in [0.1, 0.15) is 5.82 Å². The van der Waals surface area contributed by atoms with E-state index in [4.69, 9.17) is 0 Å². The second-order valence-corrected chi connectivity index (χ2v) is 4.98. The van der Waals surface area contributed by atoms with Crippen molar-refractivity contribution in [3.8, 4) is 11.1 Å². The summed E-state index contributed by atoms with van der Waals surface area (Å²) >= 11 is 1.74. The lowest BCUT2D eigenvalue weighted by Crippen LogP contribution is -2.04. The Labute approximate surface area is 104 Å². The molecule has 0 saturated carbocycles. The Bertz CT molecular complexity index is 536. The van der Waals surface area contributed by atoms with Crippen molar-refractivity contribution in [1.29, 1.82) is 0 Å². The van der Waals surface area contributed by atoms with Crippen LogP contribution in [0.4, 0.5) is 10.1 Å². The summed E-state index contributed by atoms with van der Waals surface area (Å²) in [6.45, 7) is 0. The standard InChI is InChI=1S/C14H12FNS/c15-13-4-1-10(2-5-13)11-3-6-14-12(9-11)7-8-17-16-14/h1-6,9,16H,7-8H2. The molecule has 17 heavy (non-hydrogen) atoms. The first-order valence-corrected chi connectivity index (χ1v) is 6.58. The minimum absolute atomic E-state index is 0.190. The molecule has 0 atom stereocenters. The molecule has 3 rings (SSSR count). The Morgan fingerprint density at radius 1 is 1.00 bits per heavy atom. The van der Waals surface area contributed by atoms with Gasteiger partial charge in [0, 0.05) is 11.4 Å². The van der Waals surface area contributed by atoms with Gasteiger partial charge in [-0.25, -0.2) is 4.39 Å². The molecule has 0 amide bonds. The highest BCUT2D eigenvalue weighted by Crippen LogP contribution is 2.30. The van der Waals surface area contributed by atoms with Crippen molar-refractivity contribution in [3.05, 3.63) is 53.8 Å². The molecule has 2 aromatic rings. The summed E-state index contributed by atoms with van der Waals surface area (Å²) in [7, 11) is 0. The summed E-state index contributed by atoms with van der Waals surface area (Å²) in [6.07, 6.45) is 1.09. The maximum absolute atomic E-state index is 12.9. The van der Waals surface area contributed by atoms with E-state index in [1.807, 2.05) is 12.1 Å². The van der Waals surface area contributed by atoms with Gasteiger partial charge in [0.2, 0.25) is 0 Å². The Kier molecular flexibility index (Phi) is 2.77. The average Bonchev–Trinajstić information content (AvgIpc) is 2.39. The van der Waals surface area contributed by atoms with E-state index in [0.29, 0.717) is 0 Å². The first-order valence-electron chi connectivity index (χ1n) is 5.59. The second-order valence-electron chi connectivity index (χ2n) is 4.08. The molecule has 3 heteroatoms. The number of halogens is 1. The lowest BCUT2D eigenvalue weighted by atomic mass is 10.0. The lowest BCUT2D eigenvalue weighted by Gasteiger charge is -2.17. The van der Waals surface area contributed by atoms with Gasteiger partial charge in [0.25, 0.3) is 0 Å². The number of aryl methyl sites for hydroxylation is 1. The van der Waals surface area contributed by atoms with Gasteiger partial charge in [-0.15, -0.1) is 0 Å². The highest BCUT2D eigenvalue weighted by Gasteiger charge is 2.09. The van der Waals surface area contributed by atoms with E-state index in [-0.39, 0.29) is 5.82 Å². The zero-order chi connectivity index (χ0) is 11.7. The van der Waals surface area contributed by atoms with Crippen LogP contribution in [-0.2, 0) is 6.42 Å². The van der Waals surface area contributed by atoms with Crippen molar-refractivity contribution in [3.63, 3.8) is 0 Å². The van der Waals surface area contributed by atoms with E-state index < -0.39 is 0 Å². The summed E-state index contributed by atoms with van der Waals surface area (Å²) in [5.74, 6) is 0.907. The SMILES string of the molecule is Fc1ccc(-c2ccc3c(c2)CCSN3)cc1. The van der Waals surface area contributed by atoms with Crippen LogP contribution in [0.25, 0.3) is 11.1 Å². The molecule has 1 heterocycles. The molecule has 0 spiro atoms. The molecule has 1 N–H and O–H groups in total. The Hall–Kier alpha value is -1.48. The topological polar surface area (TPSA) is 12.0 Å². The van der Waals surface area contributed by atoms with Crippen LogP contribution < -0.4 is 4.72 Å². The first kappa shape index (κ1) is 10.7. The predicted molar refractivity (Wildman–Crippen MR) is 71.6 cm³/mol. The molecule has 0 fully saturated rings. The van der Waals surface area contributed by atoms with Crippen LogP contribution in [0.2, 0.25) is 0 Å². The Morgan fingerprint density at radius 2 is 1.76 bits per heavy atom. The normalized spacial score (nSPS) is 13.9. The van der Waals surface area contributed by atoms with Gasteiger partial charge in [0.15, 0.2) is 0 Å². The number of hydrogen-bond acceptors (Lipinski definition) is 2. The van der Waals surface area contributed by atoms with Gasteiger partial charge in [-0.1, -0.05) is 30.1 Å². The number of hydrogen-bond donors (Lipinski definition) is 1. The molecule has 0 aromatic heterocycles.